The Hall–Kier alpha value is -6.21. The topological polar surface area (TPSA) is 162 Å². The van der Waals surface area contributed by atoms with Crippen molar-refractivity contribution in [3.63, 3.8) is 0 Å². The fourth-order valence-electron chi connectivity index (χ4n) is 8.87. The molecule has 3 N–H and O–H groups in total. The molecule has 9 rings (SSSR count). The Balaban J connectivity index is 0.807. The largest absolute Gasteiger partial charge is 0.369 e. The Kier molecular flexibility index (Phi) is 9.66. The van der Waals surface area contributed by atoms with Crippen LogP contribution in [0.25, 0.3) is 33.4 Å². The first kappa shape index (κ1) is 38.3. The number of carbonyl (C=O) groups excluding carboxylic acids is 3. The van der Waals surface area contributed by atoms with Crippen molar-refractivity contribution in [1.29, 1.82) is 0 Å². The number of H-pyrrole nitrogens is 1. The summed E-state index contributed by atoms with van der Waals surface area (Å²) in [6.07, 6.45) is 4.46. The van der Waals surface area contributed by atoms with Crippen LogP contribution in [0.2, 0.25) is 0 Å². The molecule has 0 bridgehead atoms. The highest BCUT2D eigenvalue weighted by atomic mass is 16.5. The fraction of sp³-hybridized carbons (Fsp3) is 0.370. The van der Waals surface area contributed by atoms with Crippen LogP contribution in [0.1, 0.15) is 84.5 Å². The molecule has 3 aromatic carbocycles. The Morgan fingerprint density at radius 3 is 2.39 bits per heavy atom. The predicted molar refractivity (Wildman–Crippen MR) is 225 cm³/mol. The van der Waals surface area contributed by atoms with Crippen LogP contribution in [0, 0.1) is 12.3 Å². The van der Waals surface area contributed by atoms with Gasteiger partial charge in [0.2, 0.25) is 11.8 Å². The minimum Gasteiger partial charge on any atom is -0.369 e. The molecule has 5 heterocycles. The van der Waals surface area contributed by atoms with E-state index in [1.807, 2.05) is 52.9 Å². The summed E-state index contributed by atoms with van der Waals surface area (Å²) in [6.45, 7) is 14.8. The van der Waals surface area contributed by atoms with Gasteiger partial charge in [-0.05, 0) is 90.8 Å². The lowest BCUT2D eigenvalue weighted by Gasteiger charge is -2.36. The Labute approximate surface area is 343 Å². The van der Waals surface area contributed by atoms with Gasteiger partial charge in [-0.3, -0.25) is 29.7 Å². The van der Waals surface area contributed by atoms with Crippen LogP contribution in [0.15, 0.2) is 77.4 Å². The van der Waals surface area contributed by atoms with Crippen LogP contribution >= 0.6 is 0 Å². The van der Waals surface area contributed by atoms with Gasteiger partial charge in [0.25, 0.3) is 0 Å². The van der Waals surface area contributed by atoms with Gasteiger partial charge in [-0.15, -0.1) is 0 Å². The molecule has 3 aliphatic rings. The number of benzene rings is 3. The van der Waals surface area contributed by atoms with Crippen LogP contribution in [0.4, 0.5) is 5.69 Å². The van der Waals surface area contributed by atoms with Gasteiger partial charge in [-0.2, -0.15) is 10.1 Å². The number of hydrogen-bond donors (Lipinski definition) is 3. The maximum atomic E-state index is 12.9. The third kappa shape index (κ3) is 7.51. The maximum Gasteiger partial charge on any atom is 0.315 e. The van der Waals surface area contributed by atoms with E-state index < -0.39 is 11.3 Å². The number of rotatable bonds is 9. The van der Waals surface area contributed by atoms with E-state index in [1.165, 1.54) is 22.4 Å². The number of amides is 3. The maximum absolute atomic E-state index is 12.9. The zero-order valence-electron chi connectivity index (χ0n) is 34.2. The van der Waals surface area contributed by atoms with Crippen molar-refractivity contribution in [2.24, 2.45) is 5.41 Å². The standard InChI is InChI=1S/C46H49N9O4/c1-27-20-31(10-13-36(27)28(2)48-41(57)42-50-43(53-59-42)45(3,4)5)39-37-22-34(26-47-40(37)52-51-39)30-8-11-35(12-9-30)55-18-16-54(17-19-55)15-14-29-6-7-32-23-46(24-33(32)21-29)25-38(56)49-44(46)58/h6-13,20-22,26,28H,14-19,23-25H2,1-5H3,(H,48,57)(H,47,51,52)(H,49,56,58)/t28?,46-/m0/s1. The molecular formula is C46H49N9O4. The van der Waals surface area contributed by atoms with Crippen molar-refractivity contribution in [2.45, 2.75) is 71.8 Å². The number of nitrogens with one attached hydrogen (secondary N) is 3. The zero-order chi connectivity index (χ0) is 41.1. The lowest BCUT2D eigenvalue weighted by molar-refractivity contribution is -0.128. The Morgan fingerprint density at radius 2 is 1.68 bits per heavy atom. The van der Waals surface area contributed by atoms with Crippen LogP contribution in [-0.2, 0) is 34.3 Å². The van der Waals surface area contributed by atoms with Gasteiger partial charge >= 0.3 is 11.8 Å². The molecule has 2 atom stereocenters. The van der Waals surface area contributed by atoms with E-state index in [-0.39, 0.29) is 29.2 Å². The van der Waals surface area contributed by atoms with E-state index in [9.17, 15) is 14.4 Å². The van der Waals surface area contributed by atoms with E-state index in [1.54, 1.807) is 0 Å². The number of anilines is 1. The fourth-order valence-corrected chi connectivity index (χ4v) is 8.87. The lowest BCUT2D eigenvalue weighted by atomic mass is 9.83. The molecule has 2 fully saturated rings. The van der Waals surface area contributed by atoms with Crippen molar-refractivity contribution in [3.05, 3.63) is 112 Å². The quantitative estimate of drug-likeness (QED) is 0.142. The summed E-state index contributed by atoms with van der Waals surface area (Å²) < 4.78 is 5.24. The summed E-state index contributed by atoms with van der Waals surface area (Å²) in [5.74, 6) is -0.233. The van der Waals surface area contributed by atoms with Gasteiger partial charge in [0.1, 0.15) is 5.69 Å². The molecule has 2 saturated heterocycles. The van der Waals surface area contributed by atoms with E-state index in [4.69, 9.17) is 9.51 Å². The Bertz CT molecular complexity index is 2600. The van der Waals surface area contributed by atoms with Gasteiger partial charge in [0.15, 0.2) is 11.5 Å². The number of nitrogens with zero attached hydrogens (tertiary/aromatic N) is 6. The first-order chi connectivity index (χ1) is 28.3. The number of piperazine rings is 1. The second-order valence-corrected chi connectivity index (χ2v) is 17.5. The highest BCUT2D eigenvalue weighted by Crippen LogP contribution is 2.43. The van der Waals surface area contributed by atoms with Gasteiger partial charge < -0.3 is 14.7 Å². The average molecular weight is 792 g/mol. The molecule has 59 heavy (non-hydrogen) atoms. The second-order valence-electron chi connectivity index (χ2n) is 17.5. The van der Waals surface area contributed by atoms with E-state index in [0.29, 0.717) is 25.1 Å². The molecule has 13 nitrogen and oxygen atoms in total. The minimum absolute atomic E-state index is 0.0480. The van der Waals surface area contributed by atoms with Crippen molar-refractivity contribution in [3.8, 4) is 22.4 Å². The number of pyridine rings is 1. The van der Waals surface area contributed by atoms with Gasteiger partial charge in [0, 0.05) is 73.0 Å². The SMILES string of the molecule is Cc1cc(-c2n[nH]c3ncc(-c4ccc(N5CCN(CCc6ccc7c(c6)C[C@]6(CC(=O)NC6=O)C7)CC5)cc4)cc23)ccc1C(C)NC(=O)c1nc(C(C)(C)C)no1. The monoisotopic (exact) mass is 791 g/mol. The molecule has 1 aliphatic carbocycles. The smallest absolute Gasteiger partial charge is 0.315 e. The average Bonchev–Trinajstić information content (AvgIpc) is 4.02. The van der Waals surface area contributed by atoms with E-state index in [2.05, 4.69) is 95.4 Å². The number of imide groups is 1. The number of aromatic amines is 1. The number of hydrogen-bond acceptors (Lipinski definition) is 10. The van der Waals surface area contributed by atoms with Crippen molar-refractivity contribution >= 4 is 34.4 Å². The number of aryl methyl sites for hydroxylation is 1. The number of fused-ring (bicyclic) bond motifs is 2. The molecule has 3 aromatic heterocycles. The van der Waals surface area contributed by atoms with Gasteiger partial charge in [-0.25, -0.2) is 4.98 Å². The summed E-state index contributed by atoms with van der Waals surface area (Å²) in [7, 11) is 0. The first-order valence-corrected chi connectivity index (χ1v) is 20.4. The van der Waals surface area contributed by atoms with Crippen molar-refractivity contribution < 1.29 is 18.9 Å². The summed E-state index contributed by atoms with van der Waals surface area (Å²) >= 11 is 0. The van der Waals surface area contributed by atoms with Crippen LogP contribution < -0.4 is 15.5 Å². The van der Waals surface area contributed by atoms with Crippen LogP contribution in [-0.4, -0.2) is 80.7 Å². The first-order valence-electron chi connectivity index (χ1n) is 20.4. The highest BCUT2D eigenvalue weighted by Gasteiger charge is 2.50. The molecule has 13 heteroatoms. The summed E-state index contributed by atoms with van der Waals surface area (Å²) in [6, 6.07) is 23.3. The normalized spacial score (nSPS) is 18.8. The third-order valence-corrected chi connectivity index (χ3v) is 12.3. The van der Waals surface area contributed by atoms with Gasteiger partial charge in [-0.1, -0.05) is 68.4 Å². The molecule has 2 aliphatic heterocycles. The number of carbonyl (C=O) groups is 3. The molecule has 0 saturated carbocycles. The molecule has 302 valence electrons. The van der Waals surface area contributed by atoms with Crippen molar-refractivity contribution in [1.82, 2.24) is 40.9 Å². The summed E-state index contributed by atoms with van der Waals surface area (Å²) in [5, 5.41) is 18.2. The molecular weight excluding hydrogens is 743 g/mol. The van der Waals surface area contributed by atoms with Crippen LogP contribution in [0.3, 0.4) is 0 Å². The van der Waals surface area contributed by atoms with Gasteiger partial charge in [0.05, 0.1) is 11.5 Å². The highest BCUT2D eigenvalue weighted by molar-refractivity contribution is 6.06. The lowest BCUT2D eigenvalue weighted by Crippen LogP contribution is -2.47. The third-order valence-electron chi connectivity index (χ3n) is 12.3. The van der Waals surface area contributed by atoms with Crippen LogP contribution in [0.5, 0.6) is 0 Å². The van der Waals surface area contributed by atoms with E-state index in [0.717, 1.165) is 83.7 Å². The second kappa shape index (κ2) is 14.9. The molecule has 3 amide bonds. The Morgan fingerprint density at radius 1 is 0.915 bits per heavy atom. The number of aromatic nitrogens is 5. The van der Waals surface area contributed by atoms with E-state index >= 15 is 0 Å². The summed E-state index contributed by atoms with van der Waals surface area (Å²) in [5.41, 5.74) is 10.6. The molecule has 0 radical (unpaired) electrons. The minimum atomic E-state index is -0.575. The molecule has 1 spiro atoms. The molecule has 6 aromatic rings. The zero-order valence-corrected chi connectivity index (χ0v) is 34.2. The predicted octanol–water partition coefficient (Wildman–Crippen LogP) is 6.27. The molecule has 1 unspecified atom stereocenters. The van der Waals surface area contributed by atoms with Crippen molar-refractivity contribution in [2.75, 3.05) is 37.6 Å². The summed E-state index contributed by atoms with van der Waals surface area (Å²) in [4.78, 5) is 51.3.